The third-order valence-corrected chi connectivity index (χ3v) is 2.82. The van der Waals surface area contributed by atoms with E-state index in [0.29, 0.717) is 0 Å². The van der Waals surface area contributed by atoms with Gasteiger partial charge in [-0.05, 0) is 38.4 Å². The Kier molecular flexibility index (Phi) is 4.00. The third kappa shape index (κ3) is 2.64. The quantitative estimate of drug-likeness (QED) is 0.783. The Hall–Kier alpha value is -1.28. The molecule has 16 heavy (non-hydrogen) atoms. The molecule has 0 amide bonds. The van der Waals surface area contributed by atoms with Gasteiger partial charge in [-0.15, -0.1) is 0 Å². The van der Waals surface area contributed by atoms with Gasteiger partial charge in [0.2, 0.25) is 0 Å². The molecule has 1 aliphatic rings. The zero-order valence-corrected chi connectivity index (χ0v) is 9.83. The Morgan fingerprint density at radius 2 is 2.38 bits per heavy atom. The van der Waals surface area contributed by atoms with Crippen molar-refractivity contribution < 1.29 is 4.74 Å². The first-order valence-corrected chi connectivity index (χ1v) is 5.97. The summed E-state index contributed by atoms with van der Waals surface area (Å²) in [5, 5.41) is 3.13. The SMILES string of the molecule is CNCC/C=C/c1cccc2c1OCCC2. The third-order valence-electron chi connectivity index (χ3n) is 2.82. The van der Waals surface area contributed by atoms with E-state index in [1.165, 1.54) is 11.1 Å². The maximum absolute atomic E-state index is 5.74. The number of para-hydroxylation sites is 1. The molecule has 1 aromatic rings. The summed E-state index contributed by atoms with van der Waals surface area (Å²) in [4.78, 5) is 0. The van der Waals surface area contributed by atoms with Crippen LogP contribution in [-0.4, -0.2) is 20.2 Å². The Bertz CT molecular complexity index is 371. The summed E-state index contributed by atoms with van der Waals surface area (Å²) in [7, 11) is 1.97. The van der Waals surface area contributed by atoms with Crippen molar-refractivity contribution in [3.8, 4) is 5.75 Å². The molecule has 1 aromatic carbocycles. The average molecular weight is 217 g/mol. The maximum atomic E-state index is 5.74. The fourth-order valence-electron chi connectivity index (χ4n) is 1.98. The van der Waals surface area contributed by atoms with Gasteiger partial charge in [0, 0.05) is 5.56 Å². The molecule has 2 nitrogen and oxygen atoms in total. The summed E-state index contributed by atoms with van der Waals surface area (Å²) in [6.07, 6.45) is 7.71. The van der Waals surface area contributed by atoms with Crippen LogP contribution in [0.5, 0.6) is 5.75 Å². The van der Waals surface area contributed by atoms with Gasteiger partial charge in [0.1, 0.15) is 5.75 Å². The van der Waals surface area contributed by atoms with Crippen molar-refractivity contribution in [2.45, 2.75) is 19.3 Å². The lowest BCUT2D eigenvalue weighted by atomic mass is 10.0. The highest BCUT2D eigenvalue weighted by Crippen LogP contribution is 2.29. The highest BCUT2D eigenvalue weighted by Gasteiger charge is 2.11. The van der Waals surface area contributed by atoms with Gasteiger partial charge in [-0.3, -0.25) is 0 Å². The zero-order chi connectivity index (χ0) is 11.2. The van der Waals surface area contributed by atoms with E-state index in [1.54, 1.807) is 0 Å². The van der Waals surface area contributed by atoms with Crippen LogP contribution in [-0.2, 0) is 6.42 Å². The van der Waals surface area contributed by atoms with Crippen LogP contribution in [0, 0.1) is 0 Å². The molecule has 0 unspecified atom stereocenters. The minimum Gasteiger partial charge on any atom is -0.493 e. The van der Waals surface area contributed by atoms with Crippen molar-refractivity contribution in [2.24, 2.45) is 0 Å². The van der Waals surface area contributed by atoms with Crippen LogP contribution in [0.1, 0.15) is 24.0 Å². The fraction of sp³-hybridized carbons (Fsp3) is 0.429. The fourth-order valence-corrected chi connectivity index (χ4v) is 1.98. The predicted molar refractivity (Wildman–Crippen MR) is 67.8 cm³/mol. The Morgan fingerprint density at radius 3 is 3.25 bits per heavy atom. The van der Waals surface area contributed by atoms with E-state index in [9.17, 15) is 0 Å². The van der Waals surface area contributed by atoms with Gasteiger partial charge in [-0.25, -0.2) is 0 Å². The average Bonchev–Trinajstić information content (AvgIpc) is 2.35. The lowest BCUT2D eigenvalue weighted by Crippen LogP contribution is -2.09. The van der Waals surface area contributed by atoms with Crippen molar-refractivity contribution in [3.05, 3.63) is 35.4 Å². The monoisotopic (exact) mass is 217 g/mol. The summed E-state index contributed by atoms with van der Waals surface area (Å²) in [5.74, 6) is 1.09. The van der Waals surface area contributed by atoms with E-state index in [2.05, 4.69) is 35.7 Å². The number of benzene rings is 1. The molecule has 0 radical (unpaired) electrons. The number of fused-ring (bicyclic) bond motifs is 1. The van der Waals surface area contributed by atoms with Crippen molar-refractivity contribution in [1.29, 1.82) is 0 Å². The topological polar surface area (TPSA) is 21.3 Å². The molecule has 86 valence electrons. The van der Waals surface area contributed by atoms with E-state index in [1.807, 2.05) is 7.05 Å². The standard InChI is InChI=1S/C14H19NO/c1-15-10-3-2-6-12-7-4-8-13-9-5-11-16-14(12)13/h2,4,6-8,15H,3,5,9-11H2,1H3/b6-2+. The van der Waals surface area contributed by atoms with E-state index in [-0.39, 0.29) is 0 Å². The van der Waals surface area contributed by atoms with Gasteiger partial charge in [0.05, 0.1) is 6.61 Å². The molecule has 2 heteroatoms. The molecule has 2 rings (SSSR count). The summed E-state index contributed by atoms with van der Waals surface area (Å²) in [6.45, 7) is 1.88. The lowest BCUT2D eigenvalue weighted by molar-refractivity contribution is 0.287. The van der Waals surface area contributed by atoms with Crippen molar-refractivity contribution in [1.82, 2.24) is 5.32 Å². The van der Waals surface area contributed by atoms with Crippen LogP contribution < -0.4 is 10.1 Å². The second kappa shape index (κ2) is 5.71. The van der Waals surface area contributed by atoms with Crippen LogP contribution in [0.2, 0.25) is 0 Å². The lowest BCUT2D eigenvalue weighted by Gasteiger charge is -2.18. The van der Waals surface area contributed by atoms with Gasteiger partial charge in [0.15, 0.2) is 0 Å². The molecule has 0 aromatic heterocycles. The van der Waals surface area contributed by atoms with E-state index < -0.39 is 0 Å². The van der Waals surface area contributed by atoms with Gasteiger partial charge in [0.25, 0.3) is 0 Å². The highest BCUT2D eigenvalue weighted by molar-refractivity contribution is 5.60. The number of hydrogen-bond donors (Lipinski definition) is 1. The highest BCUT2D eigenvalue weighted by atomic mass is 16.5. The van der Waals surface area contributed by atoms with E-state index in [4.69, 9.17) is 4.74 Å². The van der Waals surface area contributed by atoms with Gasteiger partial charge >= 0.3 is 0 Å². The molecule has 0 fully saturated rings. The zero-order valence-electron chi connectivity index (χ0n) is 9.83. The predicted octanol–water partition coefficient (Wildman–Crippen LogP) is 2.63. The van der Waals surface area contributed by atoms with Crippen LogP contribution >= 0.6 is 0 Å². The Morgan fingerprint density at radius 1 is 1.44 bits per heavy atom. The number of hydrogen-bond acceptors (Lipinski definition) is 2. The number of nitrogens with one attached hydrogen (secondary N) is 1. The molecule has 0 saturated carbocycles. The molecule has 0 bridgehead atoms. The van der Waals surface area contributed by atoms with Gasteiger partial charge in [-0.1, -0.05) is 30.4 Å². The van der Waals surface area contributed by atoms with Crippen molar-refractivity contribution in [3.63, 3.8) is 0 Å². The minimum atomic E-state index is 0.856. The molecular weight excluding hydrogens is 198 g/mol. The summed E-state index contributed by atoms with van der Waals surface area (Å²) < 4.78 is 5.74. The van der Waals surface area contributed by atoms with E-state index >= 15 is 0 Å². The number of rotatable bonds is 4. The molecule has 0 atom stereocenters. The summed E-state index contributed by atoms with van der Waals surface area (Å²) in [6, 6.07) is 6.41. The van der Waals surface area contributed by atoms with Gasteiger partial charge < -0.3 is 10.1 Å². The first kappa shape index (κ1) is 11.2. The van der Waals surface area contributed by atoms with Crippen LogP contribution in [0.3, 0.4) is 0 Å². The van der Waals surface area contributed by atoms with Crippen molar-refractivity contribution >= 4 is 6.08 Å². The Balaban J connectivity index is 2.11. The maximum Gasteiger partial charge on any atom is 0.129 e. The first-order chi connectivity index (χ1) is 7.92. The van der Waals surface area contributed by atoms with Crippen LogP contribution in [0.25, 0.3) is 6.08 Å². The second-order valence-electron chi connectivity index (χ2n) is 4.08. The van der Waals surface area contributed by atoms with Crippen LogP contribution in [0.15, 0.2) is 24.3 Å². The molecule has 1 N–H and O–H groups in total. The Labute approximate surface area is 97.3 Å². The minimum absolute atomic E-state index is 0.856. The second-order valence-corrected chi connectivity index (χ2v) is 4.08. The summed E-state index contributed by atoms with van der Waals surface area (Å²) >= 11 is 0. The molecule has 0 saturated heterocycles. The smallest absolute Gasteiger partial charge is 0.129 e. The summed E-state index contributed by atoms with van der Waals surface area (Å²) in [5.41, 5.74) is 2.57. The normalized spacial score (nSPS) is 14.8. The molecular formula is C14H19NO. The number of ether oxygens (including phenoxy) is 1. The van der Waals surface area contributed by atoms with Gasteiger partial charge in [-0.2, -0.15) is 0 Å². The molecule has 1 aliphatic heterocycles. The largest absolute Gasteiger partial charge is 0.493 e. The molecule has 0 aliphatic carbocycles. The first-order valence-electron chi connectivity index (χ1n) is 5.97. The van der Waals surface area contributed by atoms with E-state index in [0.717, 1.165) is 38.2 Å². The molecule has 1 heterocycles. The molecule has 0 spiro atoms. The van der Waals surface area contributed by atoms with Crippen molar-refractivity contribution in [2.75, 3.05) is 20.2 Å². The number of aryl methyl sites for hydroxylation is 1. The van der Waals surface area contributed by atoms with Crippen LogP contribution in [0.4, 0.5) is 0 Å².